The van der Waals surface area contributed by atoms with Crippen molar-refractivity contribution in [3.05, 3.63) is 94.0 Å². The van der Waals surface area contributed by atoms with Crippen LogP contribution in [0.2, 0.25) is 5.02 Å². The lowest BCUT2D eigenvalue weighted by molar-refractivity contribution is -0.121. The maximum absolute atomic E-state index is 13.0. The number of thiophene rings is 1. The van der Waals surface area contributed by atoms with E-state index in [1.165, 1.54) is 22.2 Å². The number of fused-ring (bicyclic) bond motifs is 3. The van der Waals surface area contributed by atoms with Gasteiger partial charge in [0.15, 0.2) is 0 Å². The quantitative estimate of drug-likeness (QED) is 0.414. The molecule has 0 aliphatic heterocycles. The average Bonchev–Trinajstić information content (AvgIpc) is 3.19. The predicted octanol–water partition coefficient (Wildman–Crippen LogP) is 4.64. The molecule has 5 rings (SSSR count). The molecule has 6 nitrogen and oxygen atoms in total. The van der Waals surface area contributed by atoms with Crippen molar-refractivity contribution in [3.63, 3.8) is 0 Å². The van der Waals surface area contributed by atoms with E-state index in [0.717, 1.165) is 27.0 Å². The fourth-order valence-corrected chi connectivity index (χ4v) is 4.76. The lowest BCUT2D eigenvalue weighted by Gasteiger charge is -2.08. The molecule has 0 fully saturated rings. The van der Waals surface area contributed by atoms with Gasteiger partial charge in [0.2, 0.25) is 5.91 Å². The van der Waals surface area contributed by atoms with Crippen LogP contribution in [0.5, 0.6) is 0 Å². The predicted molar refractivity (Wildman–Crippen MR) is 128 cm³/mol. The number of benzene rings is 2. The first-order chi connectivity index (χ1) is 15.6. The van der Waals surface area contributed by atoms with Crippen molar-refractivity contribution >= 4 is 49.3 Å². The van der Waals surface area contributed by atoms with Crippen LogP contribution in [0.3, 0.4) is 0 Å². The van der Waals surface area contributed by atoms with Crippen LogP contribution in [-0.2, 0) is 17.9 Å². The van der Waals surface area contributed by atoms with Gasteiger partial charge in [-0.05, 0) is 23.8 Å². The molecule has 0 bridgehead atoms. The summed E-state index contributed by atoms with van der Waals surface area (Å²) in [4.78, 5) is 35.3. The summed E-state index contributed by atoms with van der Waals surface area (Å²) in [6, 6.07) is 21.0. The largest absolute Gasteiger partial charge is 0.350 e. The maximum Gasteiger partial charge on any atom is 0.271 e. The van der Waals surface area contributed by atoms with Crippen LogP contribution in [0.15, 0.2) is 77.9 Å². The molecule has 5 aromatic rings. The van der Waals surface area contributed by atoms with Gasteiger partial charge in [-0.2, -0.15) is 0 Å². The van der Waals surface area contributed by atoms with Gasteiger partial charge < -0.3 is 5.32 Å². The molecule has 0 aliphatic carbocycles. The molecular weight excluding hydrogens is 444 g/mol. The molecule has 2 aromatic carbocycles. The second-order valence-electron chi connectivity index (χ2n) is 7.24. The standard InChI is InChI=1S/C24H17ClN4O2S/c25-18-9-5-4-8-16(18)12-26-20(30)13-29-14-27-21-17-10-11-19(15-6-2-1-3-7-15)28-23(17)32-22(21)24(29)31/h1-11,14H,12-13H2,(H,26,30). The first-order valence-electron chi connectivity index (χ1n) is 9.94. The van der Waals surface area contributed by atoms with Crippen LogP contribution >= 0.6 is 22.9 Å². The Balaban J connectivity index is 1.41. The fourth-order valence-electron chi connectivity index (χ4n) is 3.48. The van der Waals surface area contributed by atoms with Crippen LogP contribution in [-0.4, -0.2) is 20.4 Å². The van der Waals surface area contributed by atoms with Gasteiger partial charge in [0, 0.05) is 22.5 Å². The second-order valence-corrected chi connectivity index (χ2v) is 8.65. The van der Waals surface area contributed by atoms with E-state index in [2.05, 4.69) is 10.3 Å². The van der Waals surface area contributed by atoms with E-state index in [4.69, 9.17) is 16.6 Å². The Hall–Kier alpha value is -3.55. The van der Waals surface area contributed by atoms with Crippen molar-refractivity contribution in [1.82, 2.24) is 19.9 Å². The summed E-state index contributed by atoms with van der Waals surface area (Å²) in [5, 5.41) is 4.21. The van der Waals surface area contributed by atoms with Crippen LogP contribution in [0.1, 0.15) is 5.56 Å². The summed E-state index contributed by atoms with van der Waals surface area (Å²) < 4.78 is 1.80. The highest BCUT2D eigenvalue weighted by molar-refractivity contribution is 7.25. The van der Waals surface area contributed by atoms with Crippen LogP contribution < -0.4 is 10.9 Å². The molecule has 3 heterocycles. The third kappa shape index (κ3) is 3.88. The molecule has 158 valence electrons. The zero-order chi connectivity index (χ0) is 22.1. The first-order valence-corrected chi connectivity index (χ1v) is 11.1. The number of carbonyl (C=O) groups is 1. The minimum absolute atomic E-state index is 0.122. The van der Waals surface area contributed by atoms with Gasteiger partial charge in [-0.3, -0.25) is 14.2 Å². The number of hydrogen-bond donors (Lipinski definition) is 1. The Morgan fingerprint density at radius 2 is 1.81 bits per heavy atom. The van der Waals surface area contributed by atoms with Gasteiger partial charge in [-0.25, -0.2) is 9.97 Å². The van der Waals surface area contributed by atoms with Crippen molar-refractivity contribution in [2.75, 3.05) is 0 Å². The third-order valence-corrected chi connectivity index (χ3v) is 6.57. The monoisotopic (exact) mass is 460 g/mol. The molecule has 0 saturated heterocycles. The van der Waals surface area contributed by atoms with Gasteiger partial charge in [-0.1, -0.05) is 60.1 Å². The Morgan fingerprint density at radius 3 is 2.62 bits per heavy atom. The van der Waals surface area contributed by atoms with E-state index < -0.39 is 0 Å². The lowest BCUT2D eigenvalue weighted by atomic mass is 10.1. The van der Waals surface area contributed by atoms with E-state index in [1.54, 1.807) is 6.07 Å². The molecule has 1 N–H and O–H groups in total. The topological polar surface area (TPSA) is 76.9 Å². The number of amides is 1. The SMILES string of the molecule is O=C(Cn1cnc2c(sc3nc(-c4ccccc4)ccc32)c1=O)NCc1ccccc1Cl. The number of nitrogens with one attached hydrogen (secondary N) is 1. The summed E-state index contributed by atoms with van der Waals surface area (Å²) in [7, 11) is 0. The van der Waals surface area contributed by atoms with Crippen molar-refractivity contribution < 1.29 is 4.79 Å². The number of carbonyl (C=O) groups excluding carboxylic acids is 1. The Labute approximate surface area is 192 Å². The number of hydrogen-bond acceptors (Lipinski definition) is 5. The molecule has 0 unspecified atom stereocenters. The molecule has 0 saturated carbocycles. The van der Waals surface area contributed by atoms with Gasteiger partial charge in [0.05, 0.1) is 17.5 Å². The van der Waals surface area contributed by atoms with Crippen molar-refractivity contribution in [1.29, 1.82) is 0 Å². The van der Waals surface area contributed by atoms with Crippen LogP contribution in [0.25, 0.3) is 31.7 Å². The lowest BCUT2D eigenvalue weighted by Crippen LogP contribution is -2.32. The first kappa shape index (κ1) is 20.4. The van der Waals surface area contributed by atoms with Crippen LogP contribution in [0, 0.1) is 0 Å². The summed E-state index contributed by atoms with van der Waals surface area (Å²) in [5.74, 6) is -0.293. The molecule has 1 amide bonds. The summed E-state index contributed by atoms with van der Waals surface area (Å²) in [6.45, 7) is 0.168. The number of nitrogens with zero attached hydrogens (tertiary/aromatic N) is 3. The zero-order valence-electron chi connectivity index (χ0n) is 16.8. The van der Waals surface area contributed by atoms with Crippen molar-refractivity contribution in [3.8, 4) is 11.3 Å². The van der Waals surface area contributed by atoms with E-state index in [1.807, 2.05) is 60.7 Å². The second kappa shape index (κ2) is 8.53. The molecule has 0 atom stereocenters. The van der Waals surface area contributed by atoms with E-state index >= 15 is 0 Å². The van der Waals surface area contributed by atoms with Crippen LogP contribution in [0.4, 0.5) is 0 Å². The molecule has 0 radical (unpaired) electrons. The van der Waals surface area contributed by atoms with Gasteiger partial charge >= 0.3 is 0 Å². The minimum atomic E-state index is -0.293. The van der Waals surface area contributed by atoms with Crippen molar-refractivity contribution in [2.24, 2.45) is 0 Å². The molecular formula is C24H17ClN4O2S. The Kier molecular flexibility index (Phi) is 5.43. The molecule has 8 heteroatoms. The summed E-state index contributed by atoms with van der Waals surface area (Å²) in [6.07, 6.45) is 1.41. The Bertz CT molecular complexity index is 1510. The van der Waals surface area contributed by atoms with Crippen molar-refractivity contribution in [2.45, 2.75) is 13.1 Å². The highest BCUT2D eigenvalue weighted by atomic mass is 35.5. The summed E-state index contributed by atoms with van der Waals surface area (Å²) in [5.41, 5.74) is 3.01. The number of halogens is 1. The van der Waals surface area contributed by atoms with E-state index in [0.29, 0.717) is 15.2 Å². The van der Waals surface area contributed by atoms with Gasteiger partial charge in [0.1, 0.15) is 16.1 Å². The molecule has 3 aromatic heterocycles. The van der Waals surface area contributed by atoms with Gasteiger partial charge in [0.25, 0.3) is 5.56 Å². The van der Waals surface area contributed by atoms with Gasteiger partial charge in [-0.15, -0.1) is 11.3 Å². The maximum atomic E-state index is 13.0. The molecule has 0 spiro atoms. The van der Waals surface area contributed by atoms with E-state index in [-0.39, 0.29) is 24.6 Å². The molecule has 32 heavy (non-hydrogen) atoms. The normalized spacial score (nSPS) is 11.2. The zero-order valence-corrected chi connectivity index (χ0v) is 18.4. The summed E-state index contributed by atoms with van der Waals surface area (Å²) >= 11 is 7.42. The average molecular weight is 461 g/mol. The third-order valence-electron chi connectivity index (χ3n) is 5.13. The highest BCUT2D eigenvalue weighted by Gasteiger charge is 2.15. The fraction of sp³-hybridized carbons (Fsp3) is 0.0833. The minimum Gasteiger partial charge on any atom is -0.350 e. The number of rotatable bonds is 5. The highest BCUT2D eigenvalue weighted by Crippen LogP contribution is 2.31. The smallest absolute Gasteiger partial charge is 0.271 e. The number of aromatic nitrogens is 3. The molecule has 0 aliphatic rings. The Morgan fingerprint density at radius 1 is 1.03 bits per heavy atom. The number of pyridine rings is 1. The van der Waals surface area contributed by atoms with E-state index in [9.17, 15) is 9.59 Å².